The van der Waals surface area contributed by atoms with Crippen LogP contribution in [0.25, 0.3) is 0 Å². The van der Waals surface area contributed by atoms with Gasteiger partial charge >= 0.3 is 6.03 Å². The number of quaternary nitrogens is 1. The topological polar surface area (TPSA) is 98.0 Å². The molecule has 5 N–H and O–H groups in total. The maximum absolute atomic E-state index is 12.3. The fourth-order valence-electron chi connectivity index (χ4n) is 2.57. The van der Waals surface area contributed by atoms with Gasteiger partial charge in [-0.3, -0.25) is 10.1 Å². The van der Waals surface area contributed by atoms with Crippen LogP contribution in [-0.4, -0.2) is 25.6 Å². The van der Waals surface area contributed by atoms with Crippen LogP contribution >= 0.6 is 0 Å². The minimum absolute atomic E-state index is 0.422. The quantitative estimate of drug-likeness (QED) is 0.699. The Morgan fingerprint density at radius 2 is 1.79 bits per heavy atom. The minimum Gasteiger partial charge on any atom is -0.496 e. The van der Waals surface area contributed by atoms with E-state index in [0.717, 1.165) is 23.3 Å². The SMILES string of the molecule is COc1ccccc1CC[NH2+][C@H](C(=O)NC(N)=O)c1ccccc1. The van der Waals surface area contributed by atoms with E-state index in [1.165, 1.54) is 0 Å². The van der Waals surface area contributed by atoms with Crippen molar-refractivity contribution in [1.82, 2.24) is 5.32 Å². The number of methoxy groups -OCH3 is 1. The van der Waals surface area contributed by atoms with Gasteiger partial charge in [0, 0.05) is 12.0 Å². The smallest absolute Gasteiger partial charge is 0.319 e. The summed E-state index contributed by atoms with van der Waals surface area (Å²) in [5.41, 5.74) is 6.95. The molecule has 2 aromatic rings. The summed E-state index contributed by atoms with van der Waals surface area (Å²) in [5, 5.41) is 4.05. The number of carbonyl (C=O) groups excluding carboxylic acids is 2. The first kappa shape index (κ1) is 17.5. The van der Waals surface area contributed by atoms with Gasteiger partial charge in [-0.05, 0) is 11.6 Å². The van der Waals surface area contributed by atoms with Crippen LogP contribution in [0.15, 0.2) is 54.6 Å². The Morgan fingerprint density at radius 3 is 2.46 bits per heavy atom. The maximum Gasteiger partial charge on any atom is 0.319 e. The predicted octanol–water partition coefficient (Wildman–Crippen LogP) is 0.737. The first-order valence-corrected chi connectivity index (χ1v) is 7.72. The van der Waals surface area contributed by atoms with E-state index >= 15 is 0 Å². The molecule has 0 saturated heterocycles. The molecular weight excluding hydrogens is 306 g/mol. The zero-order valence-electron chi connectivity index (χ0n) is 13.6. The molecule has 0 radical (unpaired) electrons. The third kappa shape index (κ3) is 4.82. The van der Waals surface area contributed by atoms with Crippen molar-refractivity contribution in [3.63, 3.8) is 0 Å². The third-order valence-corrected chi connectivity index (χ3v) is 3.70. The second-order valence-corrected chi connectivity index (χ2v) is 5.33. The maximum atomic E-state index is 12.3. The van der Waals surface area contributed by atoms with E-state index in [-0.39, 0.29) is 0 Å². The number of nitrogens with one attached hydrogen (secondary N) is 1. The average Bonchev–Trinajstić information content (AvgIpc) is 2.59. The first-order valence-electron chi connectivity index (χ1n) is 7.72. The highest BCUT2D eigenvalue weighted by atomic mass is 16.5. The lowest BCUT2D eigenvalue weighted by Gasteiger charge is -2.15. The molecule has 24 heavy (non-hydrogen) atoms. The molecule has 2 rings (SSSR count). The number of hydrogen-bond donors (Lipinski definition) is 3. The normalized spacial score (nSPS) is 11.5. The number of benzene rings is 2. The number of imide groups is 1. The summed E-state index contributed by atoms with van der Waals surface area (Å²) >= 11 is 0. The van der Waals surface area contributed by atoms with Gasteiger partial charge < -0.3 is 15.8 Å². The minimum atomic E-state index is -0.848. The van der Waals surface area contributed by atoms with Gasteiger partial charge in [0.2, 0.25) is 0 Å². The lowest BCUT2D eigenvalue weighted by Crippen LogP contribution is -2.88. The molecule has 0 unspecified atom stereocenters. The molecule has 0 aliphatic rings. The molecule has 0 aliphatic carbocycles. The second-order valence-electron chi connectivity index (χ2n) is 5.33. The van der Waals surface area contributed by atoms with Gasteiger partial charge in [-0.1, -0.05) is 48.5 Å². The highest BCUT2D eigenvalue weighted by molar-refractivity contribution is 5.96. The van der Waals surface area contributed by atoms with Gasteiger partial charge in [0.15, 0.2) is 6.04 Å². The van der Waals surface area contributed by atoms with Crippen molar-refractivity contribution in [3.05, 3.63) is 65.7 Å². The van der Waals surface area contributed by atoms with Crippen LogP contribution in [0.1, 0.15) is 17.2 Å². The molecule has 0 fully saturated rings. The van der Waals surface area contributed by atoms with E-state index < -0.39 is 18.0 Å². The lowest BCUT2D eigenvalue weighted by atomic mass is 10.1. The summed E-state index contributed by atoms with van der Waals surface area (Å²) in [5.74, 6) is 0.400. The van der Waals surface area contributed by atoms with Gasteiger partial charge in [-0.25, -0.2) is 4.79 Å². The fraction of sp³-hybridized carbons (Fsp3) is 0.222. The number of hydrogen-bond acceptors (Lipinski definition) is 3. The van der Waals surface area contributed by atoms with Crippen LogP contribution < -0.4 is 21.1 Å². The molecular formula is C18H22N3O3+. The Labute approximate surface area is 141 Å². The molecule has 3 amide bonds. The van der Waals surface area contributed by atoms with Crippen LogP contribution in [0.2, 0.25) is 0 Å². The Kier molecular flexibility index (Phi) is 6.33. The molecule has 2 aromatic carbocycles. The zero-order valence-corrected chi connectivity index (χ0v) is 13.6. The summed E-state index contributed by atoms with van der Waals surface area (Å²) in [7, 11) is 1.63. The second kappa shape index (κ2) is 8.69. The highest BCUT2D eigenvalue weighted by Crippen LogP contribution is 2.17. The molecule has 6 nitrogen and oxygen atoms in total. The van der Waals surface area contributed by atoms with Crippen molar-refractivity contribution in [2.75, 3.05) is 13.7 Å². The van der Waals surface area contributed by atoms with E-state index in [1.807, 2.05) is 59.9 Å². The number of nitrogens with two attached hydrogens (primary N) is 2. The van der Waals surface area contributed by atoms with E-state index in [2.05, 4.69) is 5.32 Å². The Morgan fingerprint density at radius 1 is 1.12 bits per heavy atom. The molecule has 1 atom stereocenters. The molecule has 0 bridgehead atoms. The molecule has 0 aromatic heterocycles. The number of primary amides is 1. The number of ether oxygens (including phenoxy) is 1. The predicted molar refractivity (Wildman–Crippen MR) is 90.4 cm³/mol. The largest absolute Gasteiger partial charge is 0.496 e. The zero-order chi connectivity index (χ0) is 17.4. The van der Waals surface area contributed by atoms with Gasteiger partial charge in [0.1, 0.15) is 5.75 Å². The first-order chi connectivity index (χ1) is 11.6. The summed E-state index contributed by atoms with van der Waals surface area (Å²) < 4.78 is 5.33. The summed E-state index contributed by atoms with van der Waals surface area (Å²) in [6, 6.07) is 15.7. The highest BCUT2D eigenvalue weighted by Gasteiger charge is 2.24. The summed E-state index contributed by atoms with van der Waals surface area (Å²) in [6.07, 6.45) is 0.733. The summed E-state index contributed by atoms with van der Waals surface area (Å²) in [4.78, 5) is 23.2. The van der Waals surface area contributed by atoms with Gasteiger partial charge in [0.25, 0.3) is 5.91 Å². The van der Waals surface area contributed by atoms with Crippen molar-refractivity contribution >= 4 is 11.9 Å². The van der Waals surface area contributed by atoms with Gasteiger partial charge in [0.05, 0.1) is 13.7 Å². The summed E-state index contributed by atoms with van der Waals surface area (Å²) in [6.45, 7) is 0.659. The molecule has 0 aliphatic heterocycles. The number of rotatable bonds is 7. The number of para-hydroxylation sites is 1. The molecule has 0 heterocycles. The number of amides is 3. The number of carbonyl (C=O) groups is 2. The number of urea groups is 1. The van der Waals surface area contributed by atoms with Crippen LogP contribution in [0.4, 0.5) is 4.79 Å². The van der Waals surface area contributed by atoms with Crippen LogP contribution in [0.5, 0.6) is 5.75 Å². The van der Waals surface area contributed by atoms with Crippen LogP contribution in [-0.2, 0) is 11.2 Å². The van der Waals surface area contributed by atoms with E-state index in [9.17, 15) is 9.59 Å². The van der Waals surface area contributed by atoms with E-state index in [4.69, 9.17) is 10.5 Å². The van der Waals surface area contributed by atoms with Crippen molar-refractivity contribution in [1.29, 1.82) is 0 Å². The fourth-order valence-corrected chi connectivity index (χ4v) is 2.57. The molecule has 0 saturated carbocycles. The lowest BCUT2D eigenvalue weighted by molar-refractivity contribution is -0.682. The Bertz CT molecular complexity index is 689. The van der Waals surface area contributed by atoms with Crippen molar-refractivity contribution < 1.29 is 19.6 Å². The van der Waals surface area contributed by atoms with E-state index in [0.29, 0.717) is 6.54 Å². The molecule has 126 valence electrons. The van der Waals surface area contributed by atoms with Gasteiger partial charge in [-0.15, -0.1) is 0 Å². The van der Waals surface area contributed by atoms with Crippen molar-refractivity contribution in [3.8, 4) is 5.75 Å². The van der Waals surface area contributed by atoms with E-state index in [1.54, 1.807) is 7.11 Å². The Balaban J connectivity index is 2.06. The standard InChI is InChI=1S/C18H21N3O3/c1-24-15-10-6-5-7-13(15)11-12-20-16(17(22)21-18(19)23)14-8-3-2-4-9-14/h2-10,16,20H,11-12H2,1H3,(H3,19,21,22,23)/p+1/t16-/m0/s1. The molecule has 6 heteroatoms. The Hall–Kier alpha value is -2.86. The van der Waals surface area contributed by atoms with Gasteiger partial charge in [-0.2, -0.15) is 0 Å². The van der Waals surface area contributed by atoms with Crippen molar-refractivity contribution in [2.24, 2.45) is 5.73 Å². The monoisotopic (exact) mass is 328 g/mol. The molecule has 0 spiro atoms. The van der Waals surface area contributed by atoms with Crippen LogP contribution in [0, 0.1) is 0 Å². The third-order valence-electron chi connectivity index (χ3n) is 3.70. The van der Waals surface area contributed by atoms with Crippen LogP contribution in [0.3, 0.4) is 0 Å². The van der Waals surface area contributed by atoms with Crippen molar-refractivity contribution in [2.45, 2.75) is 12.5 Å². The average molecular weight is 328 g/mol.